The molecule has 0 aliphatic rings. The van der Waals surface area contributed by atoms with E-state index in [1.807, 2.05) is 0 Å². The summed E-state index contributed by atoms with van der Waals surface area (Å²) in [6.45, 7) is 1.58. The van der Waals surface area contributed by atoms with Crippen LogP contribution < -0.4 is 10.1 Å². The molecular weight excluding hydrogens is 353 g/mol. The lowest BCUT2D eigenvalue weighted by Crippen LogP contribution is -2.24. The first-order chi connectivity index (χ1) is 11.4. The number of benzene rings is 2. The lowest BCUT2D eigenvalue weighted by molar-refractivity contribution is -0.147. The Kier molecular flexibility index (Phi) is 6.06. The molecule has 7 heteroatoms. The van der Waals surface area contributed by atoms with Crippen molar-refractivity contribution in [3.63, 3.8) is 0 Å². The van der Waals surface area contributed by atoms with Gasteiger partial charge in [0.1, 0.15) is 5.75 Å². The van der Waals surface area contributed by atoms with E-state index in [9.17, 15) is 9.59 Å². The number of amides is 1. The van der Waals surface area contributed by atoms with E-state index in [0.29, 0.717) is 27.0 Å². The van der Waals surface area contributed by atoms with Crippen molar-refractivity contribution in [3.8, 4) is 5.75 Å². The van der Waals surface area contributed by atoms with Crippen molar-refractivity contribution >= 4 is 40.8 Å². The number of nitrogens with one attached hydrogen (secondary N) is 1. The first-order valence-electron chi connectivity index (χ1n) is 7.01. The standard InChI is InChI=1S/C17H15Cl2NO4/c1-10(17(22)23-2)24-13-6-3-11(4-7-13)16(21)20-15-9-12(18)5-8-14(15)19/h3-10H,1-2H3,(H,20,21). The number of ether oxygens (including phenoxy) is 2. The fourth-order valence-electron chi connectivity index (χ4n) is 1.89. The van der Waals surface area contributed by atoms with Crippen molar-refractivity contribution < 1.29 is 19.1 Å². The van der Waals surface area contributed by atoms with Crippen molar-refractivity contribution in [3.05, 3.63) is 58.1 Å². The molecular formula is C17H15Cl2NO4. The molecule has 2 aromatic carbocycles. The van der Waals surface area contributed by atoms with Crippen molar-refractivity contribution in [1.29, 1.82) is 0 Å². The van der Waals surface area contributed by atoms with E-state index >= 15 is 0 Å². The minimum absolute atomic E-state index is 0.341. The number of anilines is 1. The van der Waals surface area contributed by atoms with E-state index in [1.165, 1.54) is 7.11 Å². The molecule has 1 amide bonds. The van der Waals surface area contributed by atoms with Crippen molar-refractivity contribution in [2.45, 2.75) is 13.0 Å². The Morgan fingerprint density at radius 2 is 1.75 bits per heavy atom. The molecule has 0 radical (unpaired) electrons. The number of rotatable bonds is 5. The minimum atomic E-state index is -0.736. The van der Waals surface area contributed by atoms with Crippen LogP contribution in [0, 0.1) is 0 Å². The molecule has 126 valence electrons. The number of halogens is 2. The maximum atomic E-state index is 12.2. The first-order valence-corrected chi connectivity index (χ1v) is 7.77. The molecule has 0 bridgehead atoms. The van der Waals surface area contributed by atoms with Gasteiger partial charge in [-0.15, -0.1) is 0 Å². The van der Waals surface area contributed by atoms with Crippen LogP contribution in [-0.2, 0) is 9.53 Å². The van der Waals surface area contributed by atoms with E-state index in [-0.39, 0.29) is 5.91 Å². The molecule has 24 heavy (non-hydrogen) atoms. The van der Waals surface area contributed by atoms with Crippen molar-refractivity contribution in [2.75, 3.05) is 12.4 Å². The lowest BCUT2D eigenvalue weighted by Gasteiger charge is -2.13. The van der Waals surface area contributed by atoms with Crippen LogP contribution in [0.15, 0.2) is 42.5 Å². The average molecular weight is 368 g/mol. The first kappa shape index (κ1) is 18.1. The van der Waals surface area contributed by atoms with E-state index in [4.69, 9.17) is 27.9 Å². The van der Waals surface area contributed by atoms with E-state index < -0.39 is 12.1 Å². The number of hydrogen-bond donors (Lipinski definition) is 1. The van der Waals surface area contributed by atoms with Gasteiger partial charge < -0.3 is 14.8 Å². The molecule has 0 saturated heterocycles. The van der Waals surface area contributed by atoms with Crippen LogP contribution in [-0.4, -0.2) is 25.1 Å². The third-order valence-electron chi connectivity index (χ3n) is 3.14. The van der Waals surface area contributed by atoms with Crippen LogP contribution in [0.25, 0.3) is 0 Å². The maximum Gasteiger partial charge on any atom is 0.346 e. The highest BCUT2D eigenvalue weighted by atomic mass is 35.5. The summed E-state index contributed by atoms with van der Waals surface area (Å²) >= 11 is 11.9. The normalized spacial score (nSPS) is 11.5. The number of esters is 1. The molecule has 1 unspecified atom stereocenters. The quantitative estimate of drug-likeness (QED) is 0.804. The second-order valence-corrected chi connectivity index (χ2v) is 5.73. The summed E-state index contributed by atoms with van der Waals surface area (Å²) in [4.78, 5) is 23.6. The van der Waals surface area contributed by atoms with E-state index in [0.717, 1.165) is 0 Å². The van der Waals surface area contributed by atoms with Gasteiger partial charge >= 0.3 is 5.97 Å². The summed E-state index contributed by atoms with van der Waals surface area (Å²) in [5.74, 6) is -0.371. The van der Waals surface area contributed by atoms with Gasteiger partial charge in [-0.2, -0.15) is 0 Å². The molecule has 0 fully saturated rings. The zero-order valence-electron chi connectivity index (χ0n) is 13.0. The molecule has 0 spiro atoms. The van der Waals surface area contributed by atoms with Gasteiger partial charge in [0, 0.05) is 10.6 Å². The zero-order chi connectivity index (χ0) is 17.7. The zero-order valence-corrected chi connectivity index (χ0v) is 14.5. The molecule has 0 aliphatic carbocycles. The summed E-state index contributed by atoms with van der Waals surface area (Å²) < 4.78 is 9.99. The number of carbonyl (C=O) groups is 2. The summed E-state index contributed by atoms with van der Waals surface area (Å²) in [5.41, 5.74) is 0.831. The average Bonchev–Trinajstić information content (AvgIpc) is 2.57. The Morgan fingerprint density at radius 1 is 1.08 bits per heavy atom. The molecule has 0 heterocycles. The van der Waals surface area contributed by atoms with Crippen LogP contribution in [0.1, 0.15) is 17.3 Å². The van der Waals surface area contributed by atoms with E-state index in [2.05, 4.69) is 10.1 Å². The smallest absolute Gasteiger partial charge is 0.346 e. The Balaban J connectivity index is 2.06. The van der Waals surface area contributed by atoms with Crippen LogP contribution in [0.2, 0.25) is 10.0 Å². The molecule has 0 saturated carbocycles. The third kappa shape index (κ3) is 4.63. The van der Waals surface area contributed by atoms with Crippen LogP contribution in [0.3, 0.4) is 0 Å². The van der Waals surface area contributed by atoms with Crippen LogP contribution in [0.4, 0.5) is 5.69 Å². The Labute approximate surface area is 149 Å². The maximum absolute atomic E-state index is 12.2. The minimum Gasteiger partial charge on any atom is -0.479 e. The molecule has 0 aromatic heterocycles. The van der Waals surface area contributed by atoms with Gasteiger partial charge in [-0.25, -0.2) is 4.79 Å². The van der Waals surface area contributed by atoms with Crippen LogP contribution >= 0.6 is 23.2 Å². The number of hydrogen-bond acceptors (Lipinski definition) is 4. The fraction of sp³-hybridized carbons (Fsp3) is 0.176. The van der Waals surface area contributed by atoms with Gasteiger partial charge in [-0.3, -0.25) is 4.79 Å². The molecule has 1 N–H and O–H groups in total. The third-order valence-corrected chi connectivity index (χ3v) is 3.70. The second kappa shape index (κ2) is 8.04. The monoisotopic (exact) mass is 367 g/mol. The Bertz CT molecular complexity index is 747. The predicted molar refractivity (Wildman–Crippen MR) is 93.0 cm³/mol. The van der Waals surface area contributed by atoms with Crippen molar-refractivity contribution in [1.82, 2.24) is 0 Å². The van der Waals surface area contributed by atoms with Gasteiger partial charge in [-0.05, 0) is 49.4 Å². The highest BCUT2D eigenvalue weighted by molar-refractivity contribution is 6.35. The summed E-state index contributed by atoms with van der Waals surface area (Å²) in [5, 5.41) is 3.54. The predicted octanol–water partition coefficient (Wildman–Crippen LogP) is 4.19. The number of methoxy groups -OCH3 is 1. The molecule has 2 aromatic rings. The SMILES string of the molecule is COC(=O)C(C)Oc1ccc(C(=O)Nc2cc(Cl)ccc2Cl)cc1. The number of carbonyl (C=O) groups excluding carboxylic acids is 2. The molecule has 0 aliphatic heterocycles. The van der Waals surface area contributed by atoms with Crippen molar-refractivity contribution in [2.24, 2.45) is 0 Å². The van der Waals surface area contributed by atoms with Gasteiger partial charge in [0.25, 0.3) is 5.91 Å². The van der Waals surface area contributed by atoms with Gasteiger partial charge in [-0.1, -0.05) is 23.2 Å². The van der Waals surface area contributed by atoms with Crippen LogP contribution in [0.5, 0.6) is 5.75 Å². The largest absolute Gasteiger partial charge is 0.479 e. The topological polar surface area (TPSA) is 64.6 Å². The van der Waals surface area contributed by atoms with E-state index in [1.54, 1.807) is 49.4 Å². The highest BCUT2D eigenvalue weighted by Gasteiger charge is 2.15. The second-order valence-electron chi connectivity index (χ2n) is 4.89. The fourth-order valence-corrected chi connectivity index (χ4v) is 2.23. The van der Waals surface area contributed by atoms with Gasteiger partial charge in [0.15, 0.2) is 6.10 Å². The molecule has 5 nitrogen and oxygen atoms in total. The van der Waals surface area contributed by atoms with Gasteiger partial charge in [0.2, 0.25) is 0 Å². The lowest BCUT2D eigenvalue weighted by atomic mass is 10.2. The molecule has 1 atom stereocenters. The Hall–Kier alpha value is -2.24. The molecule has 2 rings (SSSR count). The highest BCUT2D eigenvalue weighted by Crippen LogP contribution is 2.26. The summed E-state index contributed by atoms with van der Waals surface area (Å²) in [6, 6.07) is 11.1. The Morgan fingerprint density at radius 3 is 2.38 bits per heavy atom. The summed E-state index contributed by atoms with van der Waals surface area (Å²) in [7, 11) is 1.29. The summed E-state index contributed by atoms with van der Waals surface area (Å²) in [6.07, 6.45) is -0.736. The van der Waals surface area contributed by atoms with Gasteiger partial charge in [0.05, 0.1) is 17.8 Å².